The summed E-state index contributed by atoms with van der Waals surface area (Å²) in [6.07, 6.45) is 3.85. The molecule has 2 rings (SSSR count). The van der Waals surface area contributed by atoms with Crippen LogP contribution in [0.25, 0.3) is 0 Å². The van der Waals surface area contributed by atoms with Crippen LogP contribution in [0.15, 0.2) is 11.4 Å². The first-order chi connectivity index (χ1) is 5.86. The van der Waals surface area contributed by atoms with E-state index in [0.29, 0.717) is 0 Å². The number of nitrogens with zero attached hydrogens (tertiary/aromatic N) is 1. The Labute approximate surface area is 78.0 Å². The van der Waals surface area contributed by atoms with Gasteiger partial charge >= 0.3 is 0 Å². The van der Waals surface area contributed by atoms with E-state index in [1.165, 1.54) is 32.4 Å². The van der Waals surface area contributed by atoms with Crippen molar-refractivity contribution in [2.45, 2.75) is 19.3 Å². The van der Waals surface area contributed by atoms with Crippen LogP contribution < -0.4 is 0 Å². The fourth-order valence-corrected chi connectivity index (χ4v) is 2.68. The lowest BCUT2D eigenvalue weighted by molar-refractivity contribution is 0.329. The van der Waals surface area contributed by atoms with E-state index < -0.39 is 0 Å². The summed E-state index contributed by atoms with van der Waals surface area (Å²) in [5.41, 5.74) is 1.60. The summed E-state index contributed by atoms with van der Waals surface area (Å²) in [7, 11) is 2.22. The van der Waals surface area contributed by atoms with Crippen molar-refractivity contribution in [3.63, 3.8) is 0 Å². The first-order valence-corrected chi connectivity index (χ1v) is 5.48. The summed E-state index contributed by atoms with van der Waals surface area (Å²) < 4.78 is 0. The molecule has 2 heterocycles. The van der Waals surface area contributed by atoms with Crippen molar-refractivity contribution in [1.82, 2.24) is 4.90 Å². The average Bonchev–Trinajstić information content (AvgIpc) is 2.45. The second kappa shape index (κ2) is 3.58. The number of aryl methyl sites for hydroxylation is 1. The fourth-order valence-electron chi connectivity index (χ4n) is 1.75. The largest absolute Gasteiger partial charge is 0.306 e. The number of fused-ring (bicyclic) bond motifs is 1. The summed E-state index contributed by atoms with van der Waals surface area (Å²) in [6.45, 7) is 2.49. The number of rotatable bonds is 0. The zero-order valence-electron chi connectivity index (χ0n) is 7.55. The molecule has 0 aromatic carbocycles. The van der Waals surface area contributed by atoms with Crippen LogP contribution in [0.5, 0.6) is 0 Å². The Bertz CT molecular complexity index is 254. The Morgan fingerprint density at radius 1 is 1.33 bits per heavy atom. The van der Waals surface area contributed by atoms with Crippen LogP contribution in [-0.4, -0.2) is 25.0 Å². The van der Waals surface area contributed by atoms with Crippen LogP contribution in [0, 0.1) is 0 Å². The molecular weight excluding hydrogens is 166 g/mol. The molecule has 0 spiro atoms. The van der Waals surface area contributed by atoms with Crippen molar-refractivity contribution < 1.29 is 0 Å². The molecule has 0 aliphatic carbocycles. The van der Waals surface area contributed by atoms with Gasteiger partial charge in [-0.1, -0.05) is 0 Å². The highest BCUT2D eigenvalue weighted by Gasteiger charge is 2.09. The predicted octanol–water partition coefficient (Wildman–Crippen LogP) is 2.17. The van der Waals surface area contributed by atoms with Gasteiger partial charge < -0.3 is 4.90 Å². The number of thiophene rings is 1. The minimum absolute atomic E-state index is 1.23. The molecule has 1 aliphatic heterocycles. The second-order valence-electron chi connectivity index (χ2n) is 3.53. The summed E-state index contributed by atoms with van der Waals surface area (Å²) in [6, 6.07) is 2.30. The molecule has 1 aromatic heterocycles. The van der Waals surface area contributed by atoms with Gasteiger partial charge in [-0.15, -0.1) is 11.3 Å². The third-order valence-electron chi connectivity index (χ3n) is 2.54. The fraction of sp³-hybridized carbons (Fsp3) is 0.600. The van der Waals surface area contributed by atoms with E-state index in [4.69, 9.17) is 0 Å². The topological polar surface area (TPSA) is 3.24 Å². The average molecular weight is 181 g/mol. The molecule has 1 nitrogen and oxygen atoms in total. The quantitative estimate of drug-likeness (QED) is 0.593. The van der Waals surface area contributed by atoms with Gasteiger partial charge in [0.15, 0.2) is 0 Å². The first kappa shape index (κ1) is 8.27. The molecule has 0 amide bonds. The summed E-state index contributed by atoms with van der Waals surface area (Å²) in [5.74, 6) is 0. The molecule has 0 fully saturated rings. The van der Waals surface area contributed by atoms with Gasteiger partial charge in [0.25, 0.3) is 0 Å². The number of hydrogen-bond donors (Lipinski definition) is 0. The van der Waals surface area contributed by atoms with Crippen molar-refractivity contribution in [2.24, 2.45) is 0 Å². The van der Waals surface area contributed by atoms with Crippen LogP contribution >= 0.6 is 11.3 Å². The standard InChI is InChI=1S/C10H15NS/c1-11-6-2-3-9-5-8-12-10(9)4-7-11/h5,8H,2-4,6-7H2,1H3. The van der Waals surface area contributed by atoms with E-state index in [1.54, 1.807) is 10.4 Å². The van der Waals surface area contributed by atoms with Gasteiger partial charge in [-0.25, -0.2) is 0 Å². The minimum atomic E-state index is 1.23. The highest BCUT2D eigenvalue weighted by atomic mass is 32.1. The van der Waals surface area contributed by atoms with E-state index in [-0.39, 0.29) is 0 Å². The first-order valence-electron chi connectivity index (χ1n) is 4.60. The maximum Gasteiger partial charge on any atom is 0.00899 e. The van der Waals surface area contributed by atoms with Gasteiger partial charge in [0.1, 0.15) is 0 Å². The van der Waals surface area contributed by atoms with Crippen LogP contribution in [0.2, 0.25) is 0 Å². The Morgan fingerprint density at radius 3 is 3.17 bits per heavy atom. The smallest absolute Gasteiger partial charge is 0.00899 e. The van der Waals surface area contributed by atoms with Crippen LogP contribution in [0.3, 0.4) is 0 Å². The molecule has 0 atom stereocenters. The lowest BCUT2D eigenvalue weighted by atomic mass is 10.1. The third kappa shape index (κ3) is 1.70. The van der Waals surface area contributed by atoms with Crippen LogP contribution in [0.4, 0.5) is 0 Å². The second-order valence-corrected chi connectivity index (χ2v) is 4.53. The van der Waals surface area contributed by atoms with Gasteiger partial charge in [-0.3, -0.25) is 0 Å². The maximum atomic E-state index is 2.43. The molecule has 0 unspecified atom stereocenters. The van der Waals surface area contributed by atoms with Gasteiger partial charge in [0, 0.05) is 11.4 Å². The predicted molar refractivity (Wildman–Crippen MR) is 53.8 cm³/mol. The maximum absolute atomic E-state index is 2.43. The third-order valence-corrected chi connectivity index (χ3v) is 3.57. The van der Waals surface area contributed by atoms with Crippen LogP contribution in [-0.2, 0) is 12.8 Å². The minimum Gasteiger partial charge on any atom is -0.306 e. The van der Waals surface area contributed by atoms with E-state index in [2.05, 4.69) is 23.4 Å². The van der Waals surface area contributed by atoms with Crippen LogP contribution in [0.1, 0.15) is 16.9 Å². The van der Waals surface area contributed by atoms with E-state index in [9.17, 15) is 0 Å². The molecule has 12 heavy (non-hydrogen) atoms. The highest BCUT2D eigenvalue weighted by Crippen LogP contribution is 2.20. The molecule has 0 bridgehead atoms. The Kier molecular flexibility index (Phi) is 2.47. The highest BCUT2D eigenvalue weighted by molar-refractivity contribution is 7.10. The van der Waals surface area contributed by atoms with Crippen molar-refractivity contribution in [3.8, 4) is 0 Å². The van der Waals surface area contributed by atoms with E-state index >= 15 is 0 Å². The van der Waals surface area contributed by atoms with Crippen molar-refractivity contribution in [3.05, 3.63) is 21.9 Å². The van der Waals surface area contributed by atoms with Crippen molar-refractivity contribution >= 4 is 11.3 Å². The van der Waals surface area contributed by atoms with E-state index in [1.807, 2.05) is 11.3 Å². The summed E-state index contributed by atoms with van der Waals surface area (Å²) >= 11 is 1.92. The molecule has 0 saturated heterocycles. The zero-order valence-corrected chi connectivity index (χ0v) is 8.36. The molecule has 66 valence electrons. The normalized spacial score (nSPS) is 19.8. The zero-order chi connectivity index (χ0) is 8.39. The van der Waals surface area contributed by atoms with E-state index in [0.717, 1.165) is 0 Å². The summed E-state index contributed by atoms with van der Waals surface area (Å²) in [4.78, 5) is 4.05. The van der Waals surface area contributed by atoms with Gasteiger partial charge in [-0.05, 0) is 49.9 Å². The Balaban J connectivity index is 2.14. The molecule has 0 saturated carbocycles. The molecule has 2 heteroatoms. The SMILES string of the molecule is CN1CCCc2ccsc2CC1. The Morgan fingerprint density at radius 2 is 2.25 bits per heavy atom. The van der Waals surface area contributed by atoms with Gasteiger partial charge in [-0.2, -0.15) is 0 Å². The van der Waals surface area contributed by atoms with Gasteiger partial charge in [0.05, 0.1) is 0 Å². The molecule has 0 radical (unpaired) electrons. The molecule has 1 aromatic rings. The Hall–Kier alpha value is -0.340. The lowest BCUT2D eigenvalue weighted by Crippen LogP contribution is -2.24. The monoisotopic (exact) mass is 181 g/mol. The molecule has 0 N–H and O–H groups in total. The summed E-state index contributed by atoms with van der Waals surface area (Å²) in [5, 5.41) is 2.23. The molecule has 1 aliphatic rings. The molecular formula is C10H15NS. The number of likely N-dealkylation sites (N-methyl/N-ethyl adjacent to an activating group) is 1. The lowest BCUT2D eigenvalue weighted by Gasteiger charge is -2.19. The number of hydrogen-bond acceptors (Lipinski definition) is 2. The van der Waals surface area contributed by atoms with Gasteiger partial charge in [0.2, 0.25) is 0 Å². The van der Waals surface area contributed by atoms with Crippen molar-refractivity contribution in [2.75, 3.05) is 20.1 Å². The van der Waals surface area contributed by atoms with Crippen molar-refractivity contribution in [1.29, 1.82) is 0 Å².